The van der Waals surface area contributed by atoms with Crippen LogP contribution in [0.5, 0.6) is 11.5 Å². The van der Waals surface area contributed by atoms with E-state index >= 15 is 0 Å². The predicted octanol–water partition coefficient (Wildman–Crippen LogP) is 18.9. The van der Waals surface area contributed by atoms with E-state index in [1.165, 1.54) is 55.6 Å². The van der Waals surface area contributed by atoms with Crippen molar-refractivity contribution in [3.63, 3.8) is 0 Å². The van der Waals surface area contributed by atoms with Gasteiger partial charge in [0.1, 0.15) is 5.75 Å². The molecule has 0 fully saturated rings. The number of rotatable bonds is 9. The first-order valence-electron chi connectivity index (χ1n) is 24.2. The van der Waals surface area contributed by atoms with Gasteiger partial charge >= 0.3 is 0 Å². The zero-order valence-corrected chi connectivity index (χ0v) is 39.1. The highest BCUT2D eigenvalue weighted by Crippen LogP contribution is 2.56. The maximum absolute atomic E-state index is 7.27. The van der Waals surface area contributed by atoms with E-state index in [1.54, 1.807) is 0 Å². The predicted molar refractivity (Wildman–Crippen MR) is 293 cm³/mol. The summed E-state index contributed by atoms with van der Waals surface area (Å²) in [4.78, 5) is 4.76. The first-order chi connectivity index (χ1) is 34.5. The summed E-state index contributed by atoms with van der Waals surface area (Å²) in [5, 5.41) is 2.21. The molecular weight excluding hydrogens is 849 g/mol. The van der Waals surface area contributed by atoms with E-state index in [2.05, 4.69) is 278 Å². The Bertz CT molecular complexity index is 3650. The number of hydrogen-bond acceptors (Lipinski definition) is 3. The van der Waals surface area contributed by atoms with Gasteiger partial charge in [0.15, 0.2) is 5.75 Å². The lowest BCUT2D eigenvalue weighted by atomic mass is 9.82. The molecule has 0 spiro atoms. The van der Waals surface area contributed by atoms with Gasteiger partial charge in [0.2, 0.25) is 0 Å². The molecule has 0 amide bonds. The van der Waals surface area contributed by atoms with Crippen LogP contribution in [0.3, 0.4) is 0 Å². The second-order valence-corrected chi connectivity index (χ2v) is 18.9. The first kappa shape index (κ1) is 41.3. The minimum atomic E-state index is -0.151. The van der Waals surface area contributed by atoms with Crippen LogP contribution in [-0.2, 0) is 5.41 Å². The quantitative estimate of drug-likeness (QED) is 0.144. The van der Waals surface area contributed by atoms with Crippen molar-refractivity contribution < 1.29 is 4.74 Å². The van der Waals surface area contributed by atoms with Crippen LogP contribution in [0.15, 0.2) is 255 Å². The zero-order chi connectivity index (χ0) is 46.8. The van der Waals surface area contributed by atoms with Gasteiger partial charge in [-0.1, -0.05) is 202 Å². The Kier molecular flexibility index (Phi) is 9.85. The normalized spacial score (nSPS) is 12.7. The summed E-state index contributed by atoms with van der Waals surface area (Å²) in [6, 6.07) is 92.1. The molecule has 1 heterocycles. The fourth-order valence-electron chi connectivity index (χ4n) is 11.0. The van der Waals surface area contributed by atoms with Gasteiger partial charge in [-0.25, -0.2) is 0 Å². The number of ether oxygens (including phenoxy) is 1. The summed E-state index contributed by atoms with van der Waals surface area (Å²) in [7, 11) is 0. The van der Waals surface area contributed by atoms with Crippen molar-refractivity contribution in [1.29, 1.82) is 0 Å². The molecule has 0 atom stereocenters. The second kappa shape index (κ2) is 16.7. The Balaban J connectivity index is 0.955. The summed E-state index contributed by atoms with van der Waals surface area (Å²) in [6.45, 7) is 4.71. The Hall–Kier alpha value is -8.92. The van der Waals surface area contributed by atoms with Crippen LogP contribution < -0.4 is 14.5 Å². The topological polar surface area (TPSA) is 15.7 Å². The van der Waals surface area contributed by atoms with Crippen LogP contribution >= 0.6 is 0 Å². The molecule has 0 saturated heterocycles. The fourth-order valence-corrected chi connectivity index (χ4v) is 11.0. The minimum Gasteiger partial charge on any atom is -0.454 e. The largest absolute Gasteiger partial charge is 0.454 e. The Morgan fingerprint density at radius 2 is 0.757 bits per heavy atom. The molecule has 1 aliphatic carbocycles. The van der Waals surface area contributed by atoms with Crippen LogP contribution in [0.4, 0.5) is 34.1 Å². The number of nitrogens with zero attached hydrogens (tertiary/aromatic N) is 2. The molecule has 0 unspecified atom stereocenters. The average Bonchev–Trinajstić information content (AvgIpc) is 3.66. The van der Waals surface area contributed by atoms with Gasteiger partial charge in [-0.15, -0.1) is 0 Å². The monoisotopic (exact) mass is 896 g/mol. The molecule has 3 heteroatoms. The van der Waals surface area contributed by atoms with Gasteiger partial charge < -0.3 is 14.5 Å². The molecule has 0 aromatic heterocycles. The third-order valence-electron chi connectivity index (χ3n) is 14.5. The molecule has 11 aromatic carbocycles. The maximum atomic E-state index is 7.27. The summed E-state index contributed by atoms with van der Waals surface area (Å²) in [5.41, 5.74) is 20.8. The lowest BCUT2D eigenvalue weighted by Gasteiger charge is -2.32. The highest BCUT2D eigenvalue weighted by molar-refractivity contribution is 6.12. The van der Waals surface area contributed by atoms with Gasteiger partial charge in [-0.2, -0.15) is 0 Å². The zero-order valence-electron chi connectivity index (χ0n) is 39.1. The van der Waals surface area contributed by atoms with Crippen molar-refractivity contribution in [3.8, 4) is 67.1 Å². The number of hydrogen-bond donors (Lipinski definition) is 0. The minimum absolute atomic E-state index is 0.151. The van der Waals surface area contributed by atoms with E-state index < -0.39 is 0 Å². The Labute approximate surface area is 409 Å². The summed E-state index contributed by atoms with van der Waals surface area (Å²) >= 11 is 0. The highest BCUT2D eigenvalue weighted by Gasteiger charge is 2.36. The molecule has 11 aromatic rings. The molecule has 0 bridgehead atoms. The average molecular weight is 897 g/mol. The van der Waals surface area contributed by atoms with E-state index in [0.29, 0.717) is 0 Å². The molecule has 0 radical (unpaired) electrons. The third-order valence-corrected chi connectivity index (χ3v) is 14.5. The molecule has 3 nitrogen and oxygen atoms in total. The number of anilines is 6. The molecule has 1 aliphatic heterocycles. The van der Waals surface area contributed by atoms with E-state index in [1.807, 2.05) is 0 Å². The highest BCUT2D eigenvalue weighted by atomic mass is 16.5. The molecule has 2 aliphatic rings. The number of benzene rings is 11. The summed E-state index contributed by atoms with van der Waals surface area (Å²) < 4.78 is 7.27. The number of fused-ring (bicyclic) bond motifs is 5. The van der Waals surface area contributed by atoms with Crippen LogP contribution in [0.2, 0.25) is 0 Å². The van der Waals surface area contributed by atoms with E-state index in [-0.39, 0.29) is 5.41 Å². The van der Waals surface area contributed by atoms with E-state index in [4.69, 9.17) is 4.74 Å². The number of para-hydroxylation sites is 1. The van der Waals surface area contributed by atoms with E-state index in [0.717, 1.165) is 67.5 Å². The van der Waals surface area contributed by atoms with Gasteiger partial charge in [0.25, 0.3) is 0 Å². The summed E-state index contributed by atoms with van der Waals surface area (Å²) in [5.74, 6) is 1.65. The maximum Gasteiger partial charge on any atom is 0.159 e. The Morgan fingerprint density at radius 1 is 0.314 bits per heavy atom. The molecule has 0 saturated carbocycles. The fraction of sp³-hybridized carbons (Fsp3) is 0.0448. The van der Waals surface area contributed by atoms with Gasteiger partial charge in [0, 0.05) is 44.5 Å². The van der Waals surface area contributed by atoms with Crippen LogP contribution in [0.25, 0.3) is 66.4 Å². The SMILES string of the molecule is CC1(C)c2ccccc2-c2ccc(N(c3ccc(-c4ccccc4)cc3)c3ccc4c5c(cccc35)-c3cccc(N(c5ccc(-c6ccccc6)cc5)c5ccc(-c6ccccc6)cc5)c3O4)cc21. The smallest absolute Gasteiger partial charge is 0.159 e. The van der Waals surface area contributed by atoms with Gasteiger partial charge in [0.05, 0.1) is 11.4 Å². The van der Waals surface area contributed by atoms with Crippen molar-refractivity contribution >= 4 is 44.9 Å². The second-order valence-electron chi connectivity index (χ2n) is 18.9. The van der Waals surface area contributed by atoms with Gasteiger partial charge in [-0.3, -0.25) is 0 Å². The standard InChI is InChI=1S/C67H48N2O/c1-67(2)60-26-13-12-22-55(60)56-41-40-54(44-61(56)67)69(53-38-32-50(33-39-53)47-20-10-5-11-21-47)62-42-43-64-65-57(23-14-25-59(62)65)58-24-15-27-63(66(58)70-64)68(51-34-28-48(29-35-51)45-16-6-3-7-17-45)52-36-30-49(31-37-52)46-18-8-4-9-19-46/h3-44H,1-2H3. The lowest BCUT2D eigenvalue weighted by Crippen LogP contribution is -2.17. The van der Waals surface area contributed by atoms with Crippen molar-refractivity contribution in [2.75, 3.05) is 9.80 Å². The van der Waals surface area contributed by atoms with Crippen LogP contribution in [-0.4, -0.2) is 0 Å². The molecule has 332 valence electrons. The van der Waals surface area contributed by atoms with Crippen molar-refractivity contribution in [2.45, 2.75) is 19.3 Å². The Morgan fingerprint density at radius 3 is 1.33 bits per heavy atom. The molecular formula is C67H48N2O. The summed E-state index contributed by atoms with van der Waals surface area (Å²) in [6.07, 6.45) is 0. The van der Waals surface area contributed by atoms with Gasteiger partial charge in [-0.05, 0) is 128 Å². The van der Waals surface area contributed by atoms with Crippen molar-refractivity contribution in [3.05, 3.63) is 266 Å². The molecule has 70 heavy (non-hydrogen) atoms. The van der Waals surface area contributed by atoms with Crippen LogP contribution in [0.1, 0.15) is 25.0 Å². The van der Waals surface area contributed by atoms with E-state index in [9.17, 15) is 0 Å². The van der Waals surface area contributed by atoms with Crippen molar-refractivity contribution in [2.24, 2.45) is 0 Å². The molecule has 13 rings (SSSR count). The lowest BCUT2D eigenvalue weighted by molar-refractivity contribution is 0.488. The van der Waals surface area contributed by atoms with Crippen molar-refractivity contribution in [1.82, 2.24) is 0 Å². The molecule has 0 N–H and O–H groups in total. The third kappa shape index (κ3) is 6.89. The first-order valence-corrected chi connectivity index (χ1v) is 24.2. The van der Waals surface area contributed by atoms with Crippen LogP contribution in [0, 0.1) is 0 Å².